The highest BCUT2D eigenvalue weighted by Gasteiger charge is 2.27. The Balaban J connectivity index is 2.36. The minimum absolute atomic E-state index is 0.355. The second-order valence-electron chi connectivity index (χ2n) is 3.94. The molecule has 0 radical (unpaired) electrons. The van der Waals surface area contributed by atoms with Crippen molar-refractivity contribution >= 4 is 0 Å². The summed E-state index contributed by atoms with van der Waals surface area (Å²) in [5, 5.41) is 6.76. The molecule has 2 nitrogen and oxygen atoms in total. The van der Waals surface area contributed by atoms with E-state index in [-0.39, 0.29) is 0 Å². The lowest BCUT2D eigenvalue weighted by atomic mass is 9.92. The molecule has 1 saturated heterocycles. The van der Waals surface area contributed by atoms with E-state index in [1.165, 1.54) is 6.42 Å². The minimum Gasteiger partial charge on any atom is -0.303 e. The van der Waals surface area contributed by atoms with E-state index in [1.807, 2.05) is 0 Å². The topological polar surface area (TPSA) is 24.1 Å². The second-order valence-corrected chi connectivity index (χ2v) is 3.94. The van der Waals surface area contributed by atoms with Gasteiger partial charge in [-0.25, -0.2) is 0 Å². The Kier molecular flexibility index (Phi) is 2.32. The molecule has 1 rings (SSSR count). The van der Waals surface area contributed by atoms with Crippen molar-refractivity contribution in [2.45, 2.75) is 32.7 Å². The van der Waals surface area contributed by atoms with Gasteiger partial charge in [0, 0.05) is 18.8 Å². The molecule has 0 aliphatic carbocycles. The van der Waals surface area contributed by atoms with Crippen LogP contribution in [0.2, 0.25) is 0 Å². The highest BCUT2D eigenvalue weighted by Crippen LogP contribution is 2.17. The van der Waals surface area contributed by atoms with Crippen molar-refractivity contribution in [1.29, 1.82) is 0 Å². The van der Waals surface area contributed by atoms with E-state index >= 15 is 0 Å². The fourth-order valence-electron chi connectivity index (χ4n) is 1.72. The smallest absolute Gasteiger partial charge is 0.0459 e. The summed E-state index contributed by atoms with van der Waals surface area (Å²) in [4.78, 5) is 0. The Morgan fingerprint density at radius 3 is 2.60 bits per heavy atom. The first kappa shape index (κ1) is 8.02. The van der Waals surface area contributed by atoms with Gasteiger partial charge in [0.2, 0.25) is 0 Å². The first-order valence-electron chi connectivity index (χ1n) is 4.08. The van der Waals surface area contributed by atoms with Crippen LogP contribution in [-0.2, 0) is 0 Å². The lowest BCUT2D eigenvalue weighted by Crippen LogP contribution is -2.40. The molecule has 2 N–H and O–H groups in total. The summed E-state index contributed by atoms with van der Waals surface area (Å²) in [6.07, 6.45) is 1.26. The van der Waals surface area contributed by atoms with Crippen LogP contribution >= 0.6 is 0 Å². The van der Waals surface area contributed by atoms with Gasteiger partial charge in [-0.2, -0.15) is 0 Å². The molecule has 0 aromatic heterocycles. The van der Waals surface area contributed by atoms with Gasteiger partial charge in [0.15, 0.2) is 0 Å². The van der Waals surface area contributed by atoms with E-state index in [1.54, 1.807) is 0 Å². The lowest BCUT2D eigenvalue weighted by molar-refractivity contribution is 0.350. The molecule has 1 fully saturated rings. The van der Waals surface area contributed by atoms with E-state index in [0.717, 1.165) is 19.1 Å². The zero-order chi connectivity index (χ0) is 7.61. The third-order valence-electron chi connectivity index (χ3n) is 2.01. The van der Waals surface area contributed by atoms with Crippen LogP contribution in [0.5, 0.6) is 0 Å². The average Bonchev–Trinajstić information content (AvgIpc) is 2.12. The minimum atomic E-state index is 0.355. The van der Waals surface area contributed by atoms with Crippen LogP contribution in [0.25, 0.3) is 0 Å². The van der Waals surface area contributed by atoms with Gasteiger partial charge in [0.05, 0.1) is 0 Å². The van der Waals surface area contributed by atoms with Crippen LogP contribution in [0.15, 0.2) is 0 Å². The SMILES string of the molecule is CC(C)CC1(C)CNCN1. The van der Waals surface area contributed by atoms with Gasteiger partial charge in [-0.05, 0) is 19.3 Å². The molecule has 1 aliphatic heterocycles. The van der Waals surface area contributed by atoms with Crippen molar-refractivity contribution in [1.82, 2.24) is 10.6 Å². The summed E-state index contributed by atoms with van der Waals surface area (Å²) >= 11 is 0. The van der Waals surface area contributed by atoms with Gasteiger partial charge < -0.3 is 5.32 Å². The number of hydrogen-bond donors (Lipinski definition) is 2. The van der Waals surface area contributed by atoms with E-state index < -0.39 is 0 Å². The van der Waals surface area contributed by atoms with Gasteiger partial charge >= 0.3 is 0 Å². The summed E-state index contributed by atoms with van der Waals surface area (Å²) in [6.45, 7) is 8.91. The first-order valence-corrected chi connectivity index (χ1v) is 4.08. The fraction of sp³-hybridized carbons (Fsp3) is 1.00. The Labute approximate surface area is 63.4 Å². The third kappa shape index (κ3) is 1.96. The Hall–Kier alpha value is -0.0800. The van der Waals surface area contributed by atoms with Crippen molar-refractivity contribution in [3.8, 4) is 0 Å². The molecule has 0 aromatic rings. The quantitative estimate of drug-likeness (QED) is 0.599. The van der Waals surface area contributed by atoms with Crippen molar-refractivity contribution in [2.24, 2.45) is 5.92 Å². The summed E-state index contributed by atoms with van der Waals surface area (Å²) < 4.78 is 0. The molecule has 60 valence electrons. The van der Waals surface area contributed by atoms with E-state index in [4.69, 9.17) is 0 Å². The average molecular weight is 142 g/mol. The molecule has 0 saturated carbocycles. The summed E-state index contributed by atoms with van der Waals surface area (Å²) in [5.41, 5.74) is 0.355. The van der Waals surface area contributed by atoms with E-state index in [9.17, 15) is 0 Å². The molecule has 1 heterocycles. The maximum Gasteiger partial charge on any atom is 0.0459 e. The maximum absolute atomic E-state index is 3.45. The molecule has 10 heavy (non-hydrogen) atoms. The molecule has 0 amide bonds. The predicted octanol–water partition coefficient (Wildman–Crippen LogP) is 0.942. The Bertz CT molecular complexity index is 104. The van der Waals surface area contributed by atoms with Crippen LogP contribution < -0.4 is 10.6 Å². The van der Waals surface area contributed by atoms with Crippen molar-refractivity contribution in [2.75, 3.05) is 13.2 Å². The lowest BCUT2D eigenvalue weighted by Gasteiger charge is -2.25. The zero-order valence-electron chi connectivity index (χ0n) is 7.20. The fourth-order valence-corrected chi connectivity index (χ4v) is 1.72. The Morgan fingerprint density at radius 1 is 1.50 bits per heavy atom. The van der Waals surface area contributed by atoms with Crippen molar-refractivity contribution in [3.05, 3.63) is 0 Å². The maximum atomic E-state index is 3.45. The van der Waals surface area contributed by atoms with Crippen LogP contribution in [0.1, 0.15) is 27.2 Å². The monoisotopic (exact) mass is 142 g/mol. The molecule has 1 aliphatic rings. The van der Waals surface area contributed by atoms with E-state index in [2.05, 4.69) is 31.4 Å². The normalized spacial score (nSPS) is 33.6. The molecular weight excluding hydrogens is 124 g/mol. The van der Waals surface area contributed by atoms with Gasteiger partial charge in [-0.15, -0.1) is 0 Å². The summed E-state index contributed by atoms with van der Waals surface area (Å²) in [6, 6.07) is 0. The standard InChI is InChI=1S/C8H18N2/c1-7(2)4-8(3)5-9-6-10-8/h7,9-10H,4-6H2,1-3H3. The highest BCUT2D eigenvalue weighted by atomic mass is 15.2. The van der Waals surface area contributed by atoms with Crippen LogP contribution in [0, 0.1) is 5.92 Å². The molecule has 1 unspecified atom stereocenters. The largest absolute Gasteiger partial charge is 0.303 e. The molecule has 0 spiro atoms. The molecule has 0 aromatic carbocycles. The number of rotatable bonds is 2. The van der Waals surface area contributed by atoms with Gasteiger partial charge in [-0.1, -0.05) is 13.8 Å². The molecule has 0 bridgehead atoms. The van der Waals surface area contributed by atoms with Crippen LogP contribution in [0.4, 0.5) is 0 Å². The van der Waals surface area contributed by atoms with Crippen molar-refractivity contribution in [3.63, 3.8) is 0 Å². The van der Waals surface area contributed by atoms with Crippen LogP contribution in [-0.4, -0.2) is 18.8 Å². The van der Waals surface area contributed by atoms with E-state index in [0.29, 0.717) is 5.54 Å². The number of nitrogens with one attached hydrogen (secondary N) is 2. The van der Waals surface area contributed by atoms with Crippen LogP contribution in [0.3, 0.4) is 0 Å². The number of hydrogen-bond acceptors (Lipinski definition) is 2. The highest BCUT2D eigenvalue weighted by molar-refractivity contribution is 4.90. The molecular formula is C8H18N2. The second kappa shape index (κ2) is 2.89. The predicted molar refractivity (Wildman–Crippen MR) is 43.9 cm³/mol. The van der Waals surface area contributed by atoms with Gasteiger partial charge in [0.25, 0.3) is 0 Å². The first-order chi connectivity index (χ1) is 4.62. The summed E-state index contributed by atoms with van der Waals surface area (Å²) in [7, 11) is 0. The summed E-state index contributed by atoms with van der Waals surface area (Å²) in [5.74, 6) is 0.789. The van der Waals surface area contributed by atoms with Gasteiger partial charge in [-0.3, -0.25) is 5.32 Å². The Morgan fingerprint density at radius 2 is 2.20 bits per heavy atom. The van der Waals surface area contributed by atoms with Gasteiger partial charge in [0.1, 0.15) is 0 Å². The molecule has 2 heteroatoms. The molecule has 1 atom stereocenters. The third-order valence-corrected chi connectivity index (χ3v) is 2.01. The zero-order valence-corrected chi connectivity index (χ0v) is 7.20. The van der Waals surface area contributed by atoms with Crippen molar-refractivity contribution < 1.29 is 0 Å².